The summed E-state index contributed by atoms with van der Waals surface area (Å²) in [7, 11) is -3.83. The van der Waals surface area contributed by atoms with Crippen molar-refractivity contribution in [2.24, 2.45) is 5.14 Å². The van der Waals surface area contributed by atoms with Gasteiger partial charge in [0.25, 0.3) is 0 Å². The predicted molar refractivity (Wildman–Crippen MR) is 84.0 cm³/mol. The first-order valence-corrected chi connectivity index (χ1v) is 8.22. The van der Waals surface area contributed by atoms with Gasteiger partial charge in [0.05, 0.1) is 11.4 Å². The Labute approximate surface area is 124 Å². The lowest BCUT2D eigenvalue weighted by molar-refractivity contribution is 0.598. The summed E-state index contributed by atoms with van der Waals surface area (Å²) >= 11 is 0. The molecule has 0 saturated heterocycles. The highest BCUT2D eigenvalue weighted by Gasteiger charge is 2.29. The number of fused-ring (bicyclic) bond motifs is 1. The van der Waals surface area contributed by atoms with E-state index in [1.165, 1.54) is 11.6 Å². The molecule has 1 aliphatic heterocycles. The Balaban J connectivity index is 2.18. The molecule has 0 saturated carbocycles. The van der Waals surface area contributed by atoms with Crippen molar-refractivity contribution in [2.75, 3.05) is 10.6 Å². The zero-order valence-electron chi connectivity index (χ0n) is 11.7. The molecular formula is C15H17N3O2S. The van der Waals surface area contributed by atoms with Crippen molar-refractivity contribution >= 4 is 27.1 Å². The zero-order valence-corrected chi connectivity index (χ0v) is 12.5. The third-order valence-electron chi connectivity index (χ3n) is 3.82. The maximum Gasteiger partial charge on any atom is 0.240 e. The van der Waals surface area contributed by atoms with E-state index < -0.39 is 10.0 Å². The average molecular weight is 303 g/mol. The summed E-state index contributed by atoms with van der Waals surface area (Å²) in [5.41, 5.74) is 9.23. The molecular weight excluding hydrogens is 286 g/mol. The molecule has 4 N–H and O–H groups in total. The van der Waals surface area contributed by atoms with Crippen LogP contribution in [0.4, 0.5) is 17.1 Å². The zero-order chi connectivity index (χ0) is 15.2. The number of nitrogens with two attached hydrogens (primary N) is 2. The molecule has 0 radical (unpaired) electrons. The largest absolute Gasteiger partial charge is 0.396 e. The lowest BCUT2D eigenvalue weighted by Crippen LogP contribution is -2.26. The summed E-state index contributed by atoms with van der Waals surface area (Å²) in [4.78, 5) is 2.04. The Morgan fingerprint density at radius 2 is 1.76 bits per heavy atom. The fourth-order valence-corrected chi connectivity index (χ4v) is 3.60. The van der Waals surface area contributed by atoms with E-state index in [1.54, 1.807) is 6.07 Å². The van der Waals surface area contributed by atoms with Gasteiger partial charge in [-0.1, -0.05) is 24.3 Å². The molecule has 2 aromatic rings. The Kier molecular flexibility index (Phi) is 3.15. The van der Waals surface area contributed by atoms with E-state index >= 15 is 0 Å². The molecule has 110 valence electrons. The summed E-state index contributed by atoms with van der Waals surface area (Å²) in [6.07, 6.45) is 0.898. The van der Waals surface area contributed by atoms with Gasteiger partial charge in [0.1, 0.15) is 4.90 Å². The van der Waals surface area contributed by atoms with Crippen molar-refractivity contribution in [1.82, 2.24) is 0 Å². The lowest BCUT2D eigenvalue weighted by Gasteiger charge is -2.27. The van der Waals surface area contributed by atoms with E-state index in [2.05, 4.69) is 17.9 Å². The van der Waals surface area contributed by atoms with Gasteiger partial charge in [-0.3, -0.25) is 0 Å². The molecule has 1 heterocycles. The predicted octanol–water partition coefficient (Wildman–Crippen LogP) is 2.00. The second kappa shape index (κ2) is 4.75. The molecule has 0 aliphatic carbocycles. The maximum absolute atomic E-state index is 11.6. The van der Waals surface area contributed by atoms with Crippen LogP contribution in [-0.2, 0) is 16.4 Å². The van der Waals surface area contributed by atoms with Crippen LogP contribution >= 0.6 is 0 Å². The monoisotopic (exact) mass is 303 g/mol. The molecule has 2 aromatic carbocycles. The quantitative estimate of drug-likeness (QED) is 0.830. The molecule has 1 atom stereocenters. The molecule has 1 unspecified atom stereocenters. The van der Waals surface area contributed by atoms with Gasteiger partial charge in [0, 0.05) is 11.7 Å². The van der Waals surface area contributed by atoms with Crippen LogP contribution in [0.5, 0.6) is 0 Å². The van der Waals surface area contributed by atoms with Gasteiger partial charge < -0.3 is 10.6 Å². The highest BCUT2D eigenvalue weighted by Crippen LogP contribution is 2.41. The van der Waals surface area contributed by atoms with E-state index in [1.807, 2.05) is 24.3 Å². The van der Waals surface area contributed by atoms with Gasteiger partial charge in [-0.05, 0) is 37.1 Å². The summed E-state index contributed by atoms with van der Waals surface area (Å²) < 4.78 is 23.3. The van der Waals surface area contributed by atoms with E-state index in [4.69, 9.17) is 10.9 Å². The standard InChI is InChI=1S/C15H17N3O2S/c1-10-9-11-5-2-3-6-12(11)18(10)13-7-4-8-14(15(13)16)21(17,19)20/h2-8,10H,9,16H2,1H3,(H2,17,19,20). The minimum Gasteiger partial charge on any atom is -0.396 e. The van der Waals surface area contributed by atoms with E-state index in [0.717, 1.165) is 12.1 Å². The minimum absolute atomic E-state index is 0.0309. The molecule has 21 heavy (non-hydrogen) atoms. The second-order valence-corrected chi connectivity index (χ2v) is 6.82. The highest BCUT2D eigenvalue weighted by atomic mass is 32.2. The number of benzene rings is 2. The lowest BCUT2D eigenvalue weighted by atomic mass is 10.1. The third kappa shape index (κ3) is 2.26. The number of para-hydroxylation sites is 2. The van der Waals surface area contributed by atoms with Gasteiger partial charge in [-0.25, -0.2) is 13.6 Å². The molecule has 6 heteroatoms. The smallest absolute Gasteiger partial charge is 0.240 e. The first-order chi connectivity index (χ1) is 9.89. The van der Waals surface area contributed by atoms with E-state index in [-0.39, 0.29) is 16.6 Å². The fraction of sp³-hybridized carbons (Fsp3) is 0.200. The second-order valence-electron chi connectivity index (χ2n) is 5.29. The number of rotatable bonds is 2. The van der Waals surface area contributed by atoms with Gasteiger partial charge in [0.2, 0.25) is 10.0 Å². The fourth-order valence-electron chi connectivity index (χ4n) is 2.92. The topological polar surface area (TPSA) is 89.4 Å². The van der Waals surface area contributed by atoms with E-state index in [9.17, 15) is 8.42 Å². The molecule has 5 nitrogen and oxygen atoms in total. The van der Waals surface area contributed by atoms with Crippen LogP contribution in [0.1, 0.15) is 12.5 Å². The van der Waals surface area contributed by atoms with Crippen molar-refractivity contribution in [2.45, 2.75) is 24.3 Å². The molecule has 0 aromatic heterocycles. The van der Waals surface area contributed by atoms with Crippen LogP contribution in [0, 0.1) is 0 Å². The van der Waals surface area contributed by atoms with Crippen LogP contribution in [0.3, 0.4) is 0 Å². The van der Waals surface area contributed by atoms with Crippen molar-refractivity contribution < 1.29 is 8.42 Å². The SMILES string of the molecule is CC1Cc2ccccc2N1c1cccc(S(N)(=O)=O)c1N. The Bertz CT molecular complexity index is 802. The van der Waals surface area contributed by atoms with Crippen molar-refractivity contribution in [1.29, 1.82) is 0 Å². The van der Waals surface area contributed by atoms with E-state index in [0.29, 0.717) is 5.69 Å². The number of anilines is 3. The first kappa shape index (κ1) is 13.9. The van der Waals surface area contributed by atoms with Crippen molar-refractivity contribution in [3.05, 3.63) is 48.0 Å². The molecule has 3 rings (SSSR count). The summed E-state index contributed by atoms with van der Waals surface area (Å²) in [5.74, 6) is 0. The summed E-state index contributed by atoms with van der Waals surface area (Å²) in [5, 5.41) is 5.23. The molecule has 0 fully saturated rings. The van der Waals surface area contributed by atoms with Crippen LogP contribution < -0.4 is 15.8 Å². The highest BCUT2D eigenvalue weighted by molar-refractivity contribution is 7.89. The number of nitrogen functional groups attached to an aromatic ring is 1. The number of hydrogen-bond acceptors (Lipinski definition) is 4. The van der Waals surface area contributed by atoms with Crippen LogP contribution in [-0.4, -0.2) is 14.5 Å². The maximum atomic E-state index is 11.6. The van der Waals surface area contributed by atoms with Crippen molar-refractivity contribution in [3.63, 3.8) is 0 Å². The number of nitrogens with zero attached hydrogens (tertiary/aromatic N) is 1. The van der Waals surface area contributed by atoms with Crippen molar-refractivity contribution in [3.8, 4) is 0 Å². The van der Waals surface area contributed by atoms with Gasteiger partial charge in [0.15, 0.2) is 0 Å². The Morgan fingerprint density at radius 3 is 2.48 bits per heavy atom. The number of sulfonamides is 1. The first-order valence-electron chi connectivity index (χ1n) is 6.68. The van der Waals surface area contributed by atoms with Crippen LogP contribution in [0.25, 0.3) is 0 Å². The Hall–Kier alpha value is -2.05. The Morgan fingerprint density at radius 1 is 1.10 bits per heavy atom. The average Bonchev–Trinajstić information content (AvgIpc) is 2.74. The van der Waals surface area contributed by atoms with Gasteiger partial charge >= 0.3 is 0 Å². The van der Waals surface area contributed by atoms with Gasteiger partial charge in [-0.15, -0.1) is 0 Å². The summed E-state index contributed by atoms with van der Waals surface area (Å²) in [6, 6.07) is 13.2. The number of primary sulfonamides is 1. The third-order valence-corrected chi connectivity index (χ3v) is 4.79. The van der Waals surface area contributed by atoms with Crippen LogP contribution in [0.15, 0.2) is 47.4 Å². The molecule has 0 bridgehead atoms. The van der Waals surface area contributed by atoms with Gasteiger partial charge in [-0.2, -0.15) is 0 Å². The molecule has 1 aliphatic rings. The molecule has 0 amide bonds. The van der Waals surface area contributed by atoms with Crippen LogP contribution in [0.2, 0.25) is 0 Å². The molecule has 0 spiro atoms. The summed E-state index contributed by atoms with van der Waals surface area (Å²) in [6.45, 7) is 2.09. The minimum atomic E-state index is -3.83. The number of hydrogen-bond donors (Lipinski definition) is 2. The normalized spacial score (nSPS) is 17.8.